The number of aryl methyl sites for hydroxylation is 1. The topological polar surface area (TPSA) is 111 Å². The van der Waals surface area contributed by atoms with Gasteiger partial charge in [0.05, 0.1) is 18.8 Å². The Labute approximate surface area is 292 Å². The third kappa shape index (κ3) is 7.29. The second-order valence-electron chi connectivity index (χ2n) is 14.7. The van der Waals surface area contributed by atoms with Gasteiger partial charge in [0, 0.05) is 36.9 Å². The van der Waals surface area contributed by atoms with Crippen LogP contribution in [-0.4, -0.2) is 43.3 Å². The molecule has 4 saturated carbocycles. The molecule has 5 aliphatic rings. The molecule has 2 heterocycles. The first-order valence-corrected chi connectivity index (χ1v) is 18.6. The molecule has 4 aliphatic carbocycles. The molecule has 10 heteroatoms. The smallest absolute Gasteiger partial charge is 0.315 e. The lowest BCUT2D eigenvalue weighted by Crippen LogP contribution is -2.61. The van der Waals surface area contributed by atoms with Crippen molar-refractivity contribution in [2.24, 2.45) is 24.8 Å². The van der Waals surface area contributed by atoms with E-state index in [1.54, 1.807) is 18.1 Å². The Bertz CT molecular complexity index is 1720. The molecule has 1 aromatic heterocycles. The fourth-order valence-electron chi connectivity index (χ4n) is 9.02. The van der Waals surface area contributed by atoms with Gasteiger partial charge < -0.3 is 29.8 Å². The summed E-state index contributed by atoms with van der Waals surface area (Å²) >= 11 is 1.63. The molecule has 4 bridgehead atoms. The average molecular weight is 680 g/mol. The van der Waals surface area contributed by atoms with E-state index in [0.717, 1.165) is 81.3 Å². The van der Waals surface area contributed by atoms with E-state index in [1.807, 2.05) is 35.9 Å². The number of carbonyl (C=O) groups is 1. The van der Waals surface area contributed by atoms with Crippen LogP contribution in [0.25, 0.3) is 11.1 Å². The van der Waals surface area contributed by atoms with Crippen molar-refractivity contribution in [3.63, 3.8) is 0 Å². The monoisotopic (exact) mass is 679 g/mol. The largest absolute Gasteiger partial charge is 0.392 e. The summed E-state index contributed by atoms with van der Waals surface area (Å²) in [6, 6.07) is 24.7. The lowest BCUT2D eigenvalue weighted by Gasteiger charge is -2.56. The summed E-state index contributed by atoms with van der Waals surface area (Å²) in [7, 11) is 1.94. The molecule has 5 fully saturated rings. The van der Waals surface area contributed by atoms with Crippen LogP contribution in [0.1, 0.15) is 79.6 Å². The maximum Gasteiger partial charge on any atom is 0.315 e. The van der Waals surface area contributed by atoms with Crippen molar-refractivity contribution >= 4 is 17.8 Å². The SMILES string of the molecule is Cn1cnnc1SCC1CC(c2ccc(CO)cc2)OC(c2ccc(-c3cccc(CNC(=O)NC45CC6CC(CC(C6)C4)C5)c3)cc2)O1. The zero-order chi connectivity index (χ0) is 33.4. The number of carbonyl (C=O) groups excluding carboxylic acids is 1. The minimum atomic E-state index is -0.529. The molecule has 9 rings (SSSR count). The molecule has 2 amide bonds. The third-order valence-corrected chi connectivity index (χ3v) is 12.2. The summed E-state index contributed by atoms with van der Waals surface area (Å²) in [6.45, 7) is 0.500. The molecule has 4 aromatic rings. The first-order valence-electron chi connectivity index (χ1n) is 17.6. The van der Waals surface area contributed by atoms with Crippen LogP contribution < -0.4 is 10.6 Å². The molecule has 0 spiro atoms. The highest BCUT2D eigenvalue weighted by Gasteiger charge is 2.51. The van der Waals surface area contributed by atoms with Crippen molar-refractivity contribution in [3.05, 3.63) is 101 Å². The van der Waals surface area contributed by atoms with E-state index in [4.69, 9.17) is 9.47 Å². The van der Waals surface area contributed by atoms with Gasteiger partial charge in [0.25, 0.3) is 0 Å². The molecule has 49 heavy (non-hydrogen) atoms. The van der Waals surface area contributed by atoms with Crippen LogP contribution in [0.5, 0.6) is 0 Å². The average Bonchev–Trinajstić information content (AvgIpc) is 3.53. The zero-order valence-electron chi connectivity index (χ0n) is 28.0. The highest BCUT2D eigenvalue weighted by Crippen LogP contribution is 2.55. The molecule has 3 unspecified atom stereocenters. The number of ether oxygens (including phenoxy) is 2. The van der Waals surface area contributed by atoms with Crippen LogP contribution in [0.15, 0.2) is 84.3 Å². The Morgan fingerprint density at radius 3 is 2.29 bits per heavy atom. The molecule has 3 atom stereocenters. The molecule has 0 radical (unpaired) electrons. The molecule has 3 aromatic carbocycles. The Morgan fingerprint density at radius 1 is 0.898 bits per heavy atom. The van der Waals surface area contributed by atoms with Crippen molar-refractivity contribution in [2.45, 2.75) is 87.3 Å². The Morgan fingerprint density at radius 2 is 1.61 bits per heavy atom. The number of hydrogen-bond donors (Lipinski definition) is 3. The molecular formula is C39H45N5O4S. The minimum absolute atomic E-state index is 0.00794. The normalized spacial score (nSPS) is 28.8. The van der Waals surface area contributed by atoms with Crippen molar-refractivity contribution in [3.8, 4) is 11.1 Å². The van der Waals surface area contributed by atoms with Crippen LogP contribution >= 0.6 is 11.8 Å². The molecular weight excluding hydrogens is 635 g/mol. The van der Waals surface area contributed by atoms with Crippen molar-refractivity contribution in [1.82, 2.24) is 25.4 Å². The highest BCUT2D eigenvalue weighted by atomic mass is 32.2. The van der Waals surface area contributed by atoms with Gasteiger partial charge in [0.15, 0.2) is 11.4 Å². The zero-order valence-corrected chi connectivity index (χ0v) is 28.8. The van der Waals surface area contributed by atoms with E-state index in [-0.39, 0.29) is 30.4 Å². The second-order valence-corrected chi connectivity index (χ2v) is 15.7. The summed E-state index contributed by atoms with van der Waals surface area (Å²) in [5.41, 5.74) is 6.15. The minimum Gasteiger partial charge on any atom is -0.392 e. The first kappa shape index (κ1) is 32.5. The van der Waals surface area contributed by atoms with Gasteiger partial charge >= 0.3 is 6.03 Å². The van der Waals surface area contributed by atoms with Gasteiger partial charge in [-0.3, -0.25) is 0 Å². The van der Waals surface area contributed by atoms with Gasteiger partial charge in [-0.2, -0.15) is 0 Å². The summed E-state index contributed by atoms with van der Waals surface area (Å²) in [4.78, 5) is 13.1. The number of aliphatic hydroxyl groups is 1. The van der Waals surface area contributed by atoms with Crippen LogP contribution in [-0.2, 0) is 29.7 Å². The van der Waals surface area contributed by atoms with E-state index >= 15 is 0 Å². The summed E-state index contributed by atoms with van der Waals surface area (Å²) in [5, 5.41) is 25.2. The number of rotatable bonds is 10. The van der Waals surface area contributed by atoms with Gasteiger partial charge in [-0.05, 0) is 90.2 Å². The Balaban J connectivity index is 0.921. The second kappa shape index (κ2) is 13.9. The first-order chi connectivity index (χ1) is 23.9. The molecule has 1 saturated heterocycles. The molecule has 256 valence electrons. The van der Waals surface area contributed by atoms with E-state index < -0.39 is 6.29 Å². The maximum atomic E-state index is 13.1. The van der Waals surface area contributed by atoms with Crippen molar-refractivity contribution in [1.29, 1.82) is 0 Å². The van der Waals surface area contributed by atoms with E-state index in [9.17, 15) is 9.90 Å². The predicted octanol–water partition coefficient (Wildman–Crippen LogP) is 7.08. The number of aromatic nitrogens is 3. The molecule has 1 aliphatic heterocycles. The number of aliphatic hydroxyl groups excluding tert-OH is 1. The number of amides is 2. The van der Waals surface area contributed by atoms with E-state index in [2.05, 4.69) is 69.4 Å². The number of benzene rings is 3. The summed E-state index contributed by atoms with van der Waals surface area (Å²) in [6.07, 6.45) is 9.20. The number of hydrogen-bond acceptors (Lipinski definition) is 7. The standard InChI is InChI=1S/C39H45N5O4S/c1-44-24-41-43-38(44)49-23-34-17-35(31-7-5-25(22-45)6-8-31)48-36(47-34)32-11-9-30(10-12-32)33-4-2-3-26(16-33)21-40-37(46)42-39-18-27-13-28(19-39)15-29(14-27)20-39/h2-12,16,24,27-29,34-36,45H,13-15,17-23H2,1H3,(H2,40,42,46). The molecule has 9 nitrogen and oxygen atoms in total. The lowest BCUT2D eigenvalue weighted by atomic mass is 9.53. The van der Waals surface area contributed by atoms with Gasteiger partial charge in [0.1, 0.15) is 6.33 Å². The predicted molar refractivity (Wildman–Crippen MR) is 188 cm³/mol. The molecule has 3 N–H and O–H groups in total. The Kier molecular flexibility index (Phi) is 9.22. The van der Waals surface area contributed by atoms with Gasteiger partial charge in [0.2, 0.25) is 0 Å². The lowest BCUT2D eigenvalue weighted by molar-refractivity contribution is -0.245. The number of urea groups is 1. The van der Waals surface area contributed by atoms with Crippen LogP contribution in [0.2, 0.25) is 0 Å². The van der Waals surface area contributed by atoms with Gasteiger partial charge in [-0.1, -0.05) is 78.5 Å². The highest BCUT2D eigenvalue weighted by molar-refractivity contribution is 7.99. The quantitative estimate of drug-likeness (QED) is 0.154. The van der Waals surface area contributed by atoms with Crippen LogP contribution in [0.3, 0.4) is 0 Å². The number of nitrogens with one attached hydrogen (secondary N) is 2. The number of nitrogens with zero attached hydrogens (tertiary/aromatic N) is 3. The van der Waals surface area contributed by atoms with Crippen molar-refractivity contribution in [2.75, 3.05) is 5.75 Å². The van der Waals surface area contributed by atoms with Crippen LogP contribution in [0, 0.1) is 17.8 Å². The third-order valence-electron chi connectivity index (χ3n) is 11.0. The number of thioether (sulfide) groups is 1. The van der Waals surface area contributed by atoms with Crippen LogP contribution in [0.4, 0.5) is 4.79 Å². The van der Waals surface area contributed by atoms with Gasteiger partial charge in [-0.15, -0.1) is 10.2 Å². The Hall–Kier alpha value is -3.70. The van der Waals surface area contributed by atoms with Gasteiger partial charge in [-0.25, -0.2) is 4.79 Å². The summed E-state index contributed by atoms with van der Waals surface area (Å²) in [5.74, 6) is 3.11. The summed E-state index contributed by atoms with van der Waals surface area (Å²) < 4.78 is 15.0. The van der Waals surface area contributed by atoms with Crippen molar-refractivity contribution < 1.29 is 19.4 Å². The van der Waals surface area contributed by atoms with E-state index in [1.165, 1.54) is 19.3 Å². The fourth-order valence-corrected chi connectivity index (χ4v) is 9.92. The maximum absolute atomic E-state index is 13.1. The van der Waals surface area contributed by atoms with E-state index in [0.29, 0.717) is 13.0 Å². The fraction of sp³-hybridized carbons (Fsp3) is 0.462.